The summed E-state index contributed by atoms with van der Waals surface area (Å²) in [6.07, 6.45) is 0.547. The van der Waals surface area contributed by atoms with E-state index >= 15 is 0 Å². The highest BCUT2D eigenvalue weighted by Gasteiger charge is 2.22. The number of carbonyl (C=O) groups is 2. The molecule has 1 unspecified atom stereocenters. The van der Waals surface area contributed by atoms with Gasteiger partial charge in [0, 0.05) is 13.7 Å². The fraction of sp³-hybridized carbons (Fsp3) is 0.385. The van der Waals surface area contributed by atoms with E-state index in [4.69, 9.17) is 9.84 Å². The first kappa shape index (κ1) is 16.0. The summed E-state index contributed by atoms with van der Waals surface area (Å²) >= 11 is 0. The van der Waals surface area contributed by atoms with Crippen LogP contribution in [0, 0.1) is 11.6 Å². The number of carbonyl (C=O) groups excluding carboxylic acids is 1. The number of carboxylic acids is 1. The number of hydrogen-bond donors (Lipinski definition) is 2. The van der Waals surface area contributed by atoms with Crippen molar-refractivity contribution in [3.8, 4) is 0 Å². The number of rotatable bonds is 7. The number of nitrogens with one attached hydrogen (secondary N) is 1. The van der Waals surface area contributed by atoms with E-state index < -0.39 is 35.1 Å². The molecule has 0 spiro atoms. The number of carboxylic acid groups (broad SMARTS) is 1. The van der Waals surface area contributed by atoms with Gasteiger partial charge in [0.2, 0.25) is 0 Å². The number of hydrogen-bond acceptors (Lipinski definition) is 3. The summed E-state index contributed by atoms with van der Waals surface area (Å²) in [6.45, 7) is 0.341. The van der Waals surface area contributed by atoms with Crippen molar-refractivity contribution in [1.82, 2.24) is 5.32 Å². The highest BCUT2D eigenvalue weighted by Crippen LogP contribution is 2.12. The molecule has 0 radical (unpaired) electrons. The van der Waals surface area contributed by atoms with Crippen LogP contribution in [0.15, 0.2) is 18.2 Å². The molecular formula is C13H15F2NO4. The Labute approximate surface area is 114 Å². The summed E-state index contributed by atoms with van der Waals surface area (Å²) < 4.78 is 31.2. The summed E-state index contributed by atoms with van der Waals surface area (Å²) in [5.41, 5.74) is -0.525. The van der Waals surface area contributed by atoms with Crippen molar-refractivity contribution in [2.75, 3.05) is 13.7 Å². The fourth-order valence-corrected chi connectivity index (χ4v) is 1.60. The van der Waals surface area contributed by atoms with Crippen molar-refractivity contribution in [2.24, 2.45) is 0 Å². The highest BCUT2D eigenvalue weighted by atomic mass is 19.2. The van der Waals surface area contributed by atoms with E-state index in [1.165, 1.54) is 13.2 Å². The summed E-state index contributed by atoms with van der Waals surface area (Å²) in [5, 5.41) is 11.1. The maximum absolute atomic E-state index is 13.4. The molecule has 1 aromatic carbocycles. The Morgan fingerprint density at radius 3 is 2.70 bits per heavy atom. The molecule has 0 fully saturated rings. The van der Waals surface area contributed by atoms with Gasteiger partial charge in [0.15, 0.2) is 11.6 Å². The van der Waals surface area contributed by atoms with Gasteiger partial charge in [-0.15, -0.1) is 0 Å². The Balaban J connectivity index is 2.75. The van der Waals surface area contributed by atoms with Gasteiger partial charge in [-0.05, 0) is 25.0 Å². The number of benzene rings is 1. The van der Waals surface area contributed by atoms with Crippen molar-refractivity contribution in [3.05, 3.63) is 35.4 Å². The van der Waals surface area contributed by atoms with Crippen molar-refractivity contribution < 1.29 is 28.2 Å². The van der Waals surface area contributed by atoms with Crippen molar-refractivity contribution in [3.63, 3.8) is 0 Å². The number of aliphatic carboxylic acids is 1. The first-order chi connectivity index (χ1) is 9.47. The summed E-state index contributed by atoms with van der Waals surface area (Å²) in [7, 11) is 1.47. The zero-order valence-electron chi connectivity index (χ0n) is 10.9. The Kier molecular flexibility index (Phi) is 6.05. The van der Waals surface area contributed by atoms with Crippen LogP contribution in [0.5, 0.6) is 0 Å². The molecule has 0 aliphatic rings. The van der Waals surface area contributed by atoms with Crippen LogP contribution in [0.3, 0.4) is 0 Å². The van der Waals surface area contributed by atoms with Gasteiger partial charge in [-0.25, -0.2) is 13.6 Å². The van der Waals surface area contributed by atoms with Gasteiger partial charge in [0.25, 0.3) is 5.91 Å². The first-order valence-electron chi connectivity index (χ1n) is 5.94. The SMILES string of the molecule is COCCCC(NC(=O)c1cccc(F)c1F)C(=O)O. The van der Waals surface area contributed by atoms with Crippen LogP contribution >= 0.6 is 0 Å². The van der Waals surface area contributed by atoms with E-state index in [9.17, 15) is 18.4 Å². The smallest absolute Gasteiger partial charge is 0.326 e. The minimum atomic E-state index is -1.30. The lowest BCUT2D eigenvalue weighted by molar-refractivity contribution is -0.139. The number of methoxy groups -OCH3 is 1. The molecule has 110 valence electrons. The minimum absolute atomic E-state index is 0.131. The lowest BCUT2D eigenvalue weighted by Gasteiger charge is -2.14. The topological polar surface area (TPSA) is 75.6 Å². The zero-order chi connectivity index (χ0) is 15.1. The molecule has 0 bridgehead atoms. The Morgan fingerprint density at radius 2 is 2.10 bits per heavy atom. The third-order valence-corrected chi connectivity index (χ3v) is 2.64. The summed E-state index contributed by atoms with van der Waals surface area (Å²) in [5.74, 6) is -4.67. The number of halogens is 2. The summed E-state index contributed by atoms with van der Waals surface area (Å²) in [4.78, 5) is 22.7. The van der Waals surface area contributed by atoms with E-state index in [0.717, 1.165) is 12.1 Å². The maximum atomic E-state index is 13.4. The lowest BCUT2D eigenvalue weighted by Crippen LogP contribution is -2.41. The van der Waals surface area contributed by atoms with E-state index in [1.54, 1.807) is 0 Å². The largest absolute Gasteiger partial charge is 0.480 e. The van der Waals surface area contributed by atoms with Crippen molar-refractivity contribution in [2.45, 2.75) is 18.9 Å². The molecule has 0 aromatic heterocycles. The predicted octanol–water partition coefficient (Wildman–Crippen LogP) is 1.57. The van der Waals surface area contributed by atoms with Gasteiger partial charge in [0.1, 0.15) is 6.04 Å². The van der Waals surface area contributed by atoms with Gasteiger partial charge in [-0.2, -0.15) is 0 Å². The molecule has 2 N–H and O–H groups in total. The van der Waals surface area contributed by atoms with E-state index in [2.05, 4.69) is 5.32 Å². The Morgan fingerprint density at radius 1 is 1.40 bits per heavy atom. The molecule has 5 nitrogen and oxygen atoms in total. The number of ether oxygens (including phenoxy) is 1. The molecule has 1 atom stereocenters. The van der Waals surface area contributed by atoms with Crippen LogP contribution in [-0.4, -0.2) is 36.7 Å². The van der Waals surface area contributed by atoms with Crippen LogP contribution in [0.4, 0.5) is 8.78 Å². The predicted molar refractivity (Wildman–Crippen MR) is 66.4 cm³/mol. The lowest BCUT2D eigenvalue weighted by atomic mass is 10.1. The van der Waals surface area contributed by atoms with E-state index in [-0.39, 0.29) is 6.42 Å². The zero-order valence-corrected chi connectivity index (χ0v) is 10.9. The van der Waals surface area contributed by atoms with Gasteiger partial charge >= 0.3 is 5.97 Å². The van der Waals surface area contributed by atoms with Crippen LogP contribution in [0.25, 0.3) is 0 Å². The van der Waals surface area contributed by atoms with Crippen LogP contribution in [0.1, 0.15) is 23.2 Å². The third-order valence-electron chi connectivity index (χ3n) is 2.64. The Bertz CT molecular complexity index is 493. The summed E-state index contributed by atoms with van der Waals surface area (Å²) in [6, 6.07) is 1.95. The van der Waals surface area contributed by atoms with Gasteiger partial charge in [0.05, 0.1) is 5.56 Å². The molecule has 0 aliphatic heterocycles. The minimum Gasteiger partial charge on any atom is -0.480 e. The average molecular weight is 287 g/mol. The second kappa shape index (κ2) is 7.54. The highest BCUT2D eigenvalue weighted by molar-refractivity contribution is 5.96. The first-order valence-corrected chi connectivity index (χ1v) is 5.94. The monoisotopic (exact) mass is 287 g/mol. The van der Waals surface area contributed by atoms with Crippen LogP contribution in [-0.2, 0) is 9.53 Å². The van der Waals surface area contributed by atoms with E-state index in [1.807, 2.05) is 0 Å². The van der Waals surface area contributed by atoms with Gasteiger partial charge in [-0.3, -0.25) is 4.79 Å². The van der Waals surface area contributed by atoms with Crippen molar-refractivity contribution in [1.29, 1.82) is 0 Å². The second-order valence-corrected chi connectivity index (χ2v) is 4.10. The van der Waals surface area contributed by atoms with Crippen molar-refractivity contribution >= 4 is 11.9 Å². The molecule has 1 amide bonds. The van der Waals surface area contributed by atoms with Gasteiger partial charge in [-0.1, -0.05) is 6.07 Å². The molecule has 20 heavy (non-hydrogen) atoms. The molecule has 1 aromatic rings. The van der Waals surface area contributed by atoms with Crippen LogP contribution in [0.2, 0.25) is 0 Å². The molecule has 0 aliphatic carbocycles. The normalized spacial score (nSPS) is 11.9. The maximum Gasteiger partial charge on any atom is 0.326 e. The second-order valence-electron chi connectivity index (χ2n) is 4.10. The molecule has 0 saturated heterocycles. The molecule has 7 heteroatoms. The standard InChI is InChI=1S/C13H15F2NO4/c1-20-7-3-6-10(13(18)19)16-12(17)8-4-2-5-9(14)11(8)15/h2,4-5,10H,3,6-7H2,1H3,(H,16,17)(H,18,19). The van der Waals surface area contributed by atoms with E-state index in [0.29, 0.717) is 13.0 Å². The third kappa shape index (κ3) is 4.27. The molecule has 1 rings (SSSR count). The fourth-order valence-electron chi connectivity index (χ4n) is 1.60. The number of amides is 1. The molecule has 0 saturated carbocycles. The molecular weight excluding hydrogens is 272 g/mol. The van der Waals surface area contributed by atoms with Gasteiger partial charge < -0.3 is 15.2 Å². The molecule has 0 heterocycles. The Hall–Kier alpha value is -2.02. The average Bonchev–Trinajstić information content (AvgIpc) is 2.40. The quantitative estimate of drug-likeness (QED) is 0.746. The van der Waals surface area contributed by atoms with Crippen LogP contribution < -0.4 is 5.32 Å².